The van der Waals surface area contributed by atoms with Crippen LogP contribution in [0, 0.1) is 0 Å². The number of carbonyl (C=O) groups is 1. The molecule has 1 aromatic heterocycles. The molecule has 0 aliphatic heterocycles. The average Bonchev–Trinajstić information content (AvgIpc) is 3.42. The molecule has 35 heavy (non-hydrogen) atoms. The third-order valence-corrected chi connectivity index (χ3v) is 6.34. The normalized spacial score (nSPS) is 10.9. The van der Waals surface area contributed by atoms with Crippen molar-refractivity contribution in [2.45, 2.75) is 19.8 Å². The smallest absolute Gasteiger partial charge is 0.165 e. The van der Waals surface area contributed by atoms with Crippen LogP contribution >= 0.6 is 0 Å². The lowest BCUT2D eigenvalue weighted by Gasteiger charge is -2.29. The summed E-state index contributed by atoms with van der Waals surface area (Å²) in [6.07, 6.45) is 2.98. The molecule has 0 atom stereocenters. The van der Waals surface area contributed by atoms with Gasteiger partial charge in [-0.05, 0) is 66.8 Å². The maximum atomic E-state index is 13.7. The first kappa shape index (κ1) is 22.4. The molecule has 0 unspecified atom stereocenters. The number of aromatic nitrogens is 1. The van der Waals surface area contributed by atoms with Gasteiger partial charge in [-0.25, -0.2) is 0 Å². The lowest BCUT2D eigenvalue weighted by Crippen LogP contribution is -2.15. The van der Waals surface area contributed by atoms with E-state index in [0.29, 0.717) is 18.4 Å². The SMILES string of the molecule is C=C(C)c1ccc(N(c2ccccc2)c2cccc3ccccc23)c(C(=O)CCc2ccc[nH]2)c1. The minimum atomic E-state index is 0.110. The fraction of sp³-hybridized carbons (Fsp3) is 0.0938. The number of rotatable bonds is 8. The molecule has 0 fully saturated rings. The molecule has 4 aromatic carbocycles. The van der Waals surface area contributed by atoms with Crippen LogP contribution in [0.1, 0.15) is 35.0 Å². The Kier molecular flexibility index (Phi) is 6.32. The number of aromatic amines is 1. The van der Waals surface area contributed by atoms with Gasteiger partial charge in [-0.2, -0.15) is 0 Å². The van der Waals surface area contributed by atoms with E-state index in [0.717, 1.165) is 44.7 Å². The molecule has 0 saturated carbocycles. The maximum absolute atomic E-state index is 13.7. The summed E-state index contributed by atoms with van der Waals surface area (Å²) in [5.41, 5.74) is 6.59. The molecule has 3 nitrogen and oxygen atoms in total. The van der Waals surface area contributed by atoms with Crippen LogP contribution in [-0.2, 0) is 6.42 Å². The molecule has 3 heteroatoms. The number of allylic oxidation sites excluding steroid dienone is 1. The van der Waals surface area contributed by atoms with Crippen molar-refractivity contribution in [3.63, 3.8) is 0 Å². The van der Waals surface area contributed by atoms with Crippen LogP contribution in [0.4, 0.5) is 17.1 Å². The number of ketones is 1. The fourth-order valence-corrected chi connectivity index (χ4v) is 4.51. The standard InChI is InChI=1S/C32H28N2O/c1-23(2)25-17-19-31(29(22-25)32(35)20-18-26-12-9-21-33-26)34(27-13-4-3-5-14-27)30-16-8-11-24-10-6-7-15-28(24)30/h3-17,19,21-22,33H,1,18,20H2,2H3. The van der Waals surface area contributed by atoms with Crippen molar-refractivity contribution in [2.75, 3.05) is 4.90 Å². The van der Waals surface area contributed by atoms with Gasteiger partial charge in [0.25, 0.3) is 0 Å². The van der Waals surface area contributed by atoms with Crippen molar-refractivity contribution in [3.8, 4) is 0 Å². The van der Waals surface area contributed by atoms with Gasteiger partial charge in [0.1, 0.15) is 0 Å². The van der Waals surface area contributed by atoms with E-state index in [1.807, 2.05) is 49.5 Å². The second-order valence-corrected chi connectivity index (χ2v) is 8.80. The summed E-state index contributed by atoms with van der Waals surface area (Å²) in [6, 6.07) is 35.0. The van der Waals surface area contributed by atoms with Crippen molar-refractivity contribution in [1.29, 1.82) is 0 Å². The number of para-hydroxylation sites is 1. The minimum absolute atomic E-state index is 0.110. The topological polar surface area (TPSA) is 36.1 Å². The molecule has 0 radical (unpaired) electrons. The van der Waals surface area contributed by atoms with Crippen LogP contribution < -0.4 is 4.90 Å². The van der Waals surface area contributed by atoms with Crippen LogP contribution in [-0.4, -0.2) is 10.8 Å². The molecule has 0 amide bonds. The van der Waals surface area contributed by atoms with Gasteiger partial charge >= 0.3 is 0 Å². The summed E-state index contributed by atoms with van der Waals surface area (Å²) in [6.45, 7) is 6.09. The largest absolute Gasteiger partial charge is 0.365 e. The third-order valence-electron chi connectivity index (χ3n) is 6.34. The summed E-state index contributed by atoms with van der Waals surface area (Å²) in [4.78, 5) is 19.1. The molecule has 0 saturated heterocycles. The van der Waals surface area contributed by atoms with Crippen LogP contribution in [0.2, 0.25) is 0 Å². The van der Waals surface area contributed by atoms with Crippen LogP contribution in [0.3, 0.4) is 0 Å². The lowest BCUT2D eigenvalue weighted by atomic mass is 9.96. The van der Waals surface area contributed by atoms with Crippen molar-refractivity contribution in [3.05, 3.63) is 133 Å². The number of aryl methyl sites for hydroxylation is 1. The van der Waals surface area contributed by atoms with Gasteiger partial charge in [0.15, 0.2) is 5.78 Å². The monoisotopic (exact) mass is 456 g/mol. The fourth-order valence-electron chi connectivity index (χ4n) is 4.51. The first-order chi connectivity index (χ1) is 17.1. The first-order valence-electron chi connectivity index (χ1n) is 11.9. The predicted molar refractivity (Wildman–Crippen MR) is 147 cm³/mol. The summed E-state index contributed by atoms with van der Waals surface area (Å²) >= 11 is 0. The van der Waals surface area contributed by atoms with E-state index >= 15 is 0 Å². The summed E-state index contributed by atoms with van der Waals surface area (Å²) in [5, 5.41) is 2.29. The van der Waals surface area contributed by atoms with E-state index < -0.39 is 0 Å². The second kappa shape index (κ2) is 9.86. The van der Waals surface area contributed by atoms with Crippen LogP contribution in [0.25, 0.3) is 16.3 Å². The number of anilines is 3. The molecule has 172 valence electrons. The zero-order chi connectivity index (χ0) is 24.2. The van der Waals surface area contributed by atoms with Crippen molar-refractivity contribution < 1.29 is 4.79 Å². The van der Waals surface area contributed by atoms with E-state index in [-0.39, 0.29) is 5.78 Å². The number of hydrogen-bond donors (Lipinski definition) is 1. The Hall–Kier alpha value is -4.37. The quantitative estimate of drug-likeness (QED) is 0.238. The molecule has 0 spiro atoms. The molecule has 0 aliphatic rings. The molecule has 1 heterocycles. The number of Topliss-reactive ketones (excluding diaryl/α,β-unsaturated/α-hetero) is 1. The number of nitrogens with zero attached hydrogens (tertiary/aromatic N) is 1. The highest BCUT2D eigenvalue weighted by Crippen LogP contribution is 2.41. The Morgan fingerprint density at radius 3 is 2.37 bits per heavy atom. The first-order valence-corrected chi connectivity index (χ1v) is 11.9. The van der Waals surface area contributed by atoms with Crippen LogP contribution in [0.15, 0.2) is 116 Å². The van der Waals surface area contributed by atoms with E-state index in [2.05, 4.69) is 83.2 Å². The molecule has 1 N–H and O–H groups in total. The zero-order valence-electron chi connectivity index (χ0n) is 19.9. The van der Waals surface area contributed by atoms with Gasteiger partial charge < -0.3 is 9.88 Å². The van der Waals surface area contributed by atoms with Crippen molar-refractivity contribution in [1.82, 2.24) is 4.98 Å². The molecule has 5 aromatic rings. The summed E-state index contributed by atoms with van der Waals surface area (Å²) in [7, 11) is 0. The third kappa shape index (κ3) is 4.67. The highest BCUT2D eigenvalue weighted by molar-refractivity contribution is 6.06. The average molecular weight is 457 g/mol. The Balaban J connectivity index is 1.68. The molecule has 0 aliphatic carbocycles. The van der Waals surface area contributed by atoms with Crippen molar-refractivity contribution in [2.24, 2.45) is 0 Å². The Morgan fingerprint density at radius 2 is 1.60 bits per heavy atom. The second-order valence-electron chi connectivity index (χ2n) is 8.80. The molecule has 5 rings (SSSR count). The molecular formula is C32H28N2O. The van der Waals surface area contributed by atoms with Crippen LogP contribution in [0.5, 0.6) is 0 Å². The number of fused-ring (bicyclic) bond motifs is 1. The maximum Gasteiger partial charge on any atom is 0.165 e. The predicted octanol–water partition coefficient (Wildman–Crippen LogP) is 8.49. The zero-order valence-corrected chi connectivity index (χ0v) is 19.9. The Morgan fingerprint density at radius 1 is 0.829 bits per heavy atom. The van der Waals surface area contributed by atoms with E-state index in [1.165, 1.54) is 0 Å². The number of carbonyl (C=O) groups excluding carboxylic acids is 1. The molecular weight excluding hydrogens is 428 g/mol. The Labute approximate surface area is 206 Å². The van der Waals surface area contributed by atoms with Gasteiger partial charge in [-0.1, -0.05) is 72.8 Å². The van der Waals surface area contributed by atoms with E-state index in [1.54, 1.807) is 0 Å². The lowest BCUT2D eigenvalue weighted by molar-refractivity contribution is 0.0983. The van der Waals surface area contributed by atoms with Gasteiger partial charge in [0, 0.05) is 34.9 Å². The van der Waals surface area contributed by atoms with Gasteiger partial charge in [-0.15, -0.1) is 0 Å². The number of nitrogens with one attached hydrogen (secondary N) is 1. The van der Waals surface area contributed by atoms with Gasteiger partial charge in [-0.3, -0.25) is 4.79 Å². The van der Waals surface area contributed by atoms with Gasteiger partial charge in [0.05, 0.1) is 11.4 Å². The highest BCUT2D eigenvalue weighted by atomic mass is 16.1. The van der Waals surface area contributed by atoms with E-state index in [4.69, 9.17) is 0 Å². The van der Waals surface area contributed by atoms with Crippen molar-refractivity contribution >= 4 is 39.2 Å². The number of H-pyrrole nitrogens is 1. The number of hydrogen-bond acceptors (Lipinski definition) is 2. The summed E-state index contributed by atoms with van der Waals surface area (Å²) < 4.78 is 0. The molecule has 0 bridgehead atoms. The highest BCUT2D eigenvalue weighted by Gasteiger charge is 2.22. The minimum Gasteiger partial charge on any atom is -0.365 e. The summed E-state index contributed by atoms with van der Waals surface area (Å²) in [5.74, 6) is 0.110. The number of benzene rings is 4. The van der Waals surface area contributed by atoms with Gasteiger partial charge in [0.2, 0.25) is 0 Å². The Bertz CT molecular complexity index is 1480. The van der Waals surface area contributed by atoms with E-state index in [9.17, 15) is 4.79 Å².